The molecule has 3 rings (SSSR count). The van der Waals surface area contributed by atoms with Crippen LogP contribution in [0.2, 0.25) is 0 Å². The third kappa shape index (κ3) is 3.45. The van der Waals surface area contributed by atoms with Gasteiger partial charge in [-0.3, -0.25) is 0 Å². The van der Waals surface area contributed by atoms with Crippen LogP contribution in [0.4, 0.5) is 4.39 Å². The van der Waals surface area contributed by atoms with Crippen molar-refractivity contribution >= 4 is 10.0 Å². The molecule has 2 aromatic carbocycles. The van der Waals surface area contributed by atoms with Crippen molar-refractivity contribution in [2.45, 2.75) is 11.8 Å². The van der Waals surface area contributed by atoms with Crippen molar-refractivity contribution in [3.63, 3.8) is 0 Å². The first-order valence-electron chi connectivity index (χ1n) is 7.30. The average molecular weight is 355 g/mol. The number of nitrogens with two attached hydrogens (primary N) is 1. The standard InChI is InChI=1S/C18H14FN3O2S/c1-2-11-22-12-16(13-7-9-14(19)10-8-13)18(21-22)15-5-3-4-6-17(15)25(20,23)24/h3-10,12H,1H3,(H2,20,23,24). The fourth-order valence-electron chi connectivity index (χ4n) is 2.50. The molecule has 0 aliphatic rings. The molecular weight excluding hydrogens is 341 g/mol. The molecule has 0 saturated carbocycles. The van der Waals surface area contributed by atoms with E-state index in [1.165, 1.54) is 22.9 Å². The number of hydrogen-bond acceptors (Lipinski definition) is 3. The number of aromatic nitrogens is 2. The Labute approximate surface area is 145 Å². The molecule has 0 amide bonds. The predicted molar refractivity (Wildman–Crippen MR) is 93.3 cm³/mol. The maximum absolute atomic E-state index is 13.2. The Hall–Kier alpha value is -2.95. The van der Waals surface area contributed by atoms with Gasteiger partial charge >= 0.3 is 0 Å². The molecule has 126 valence electrons. The fraction of sp³-hybridized carbons (Fsp3) is 0.0556. The summed E-state index contributed by atoms with van der Waals surface area (Å²) >= 11 is 0. The summed E-state index contributed by atoms with van der Waals surface area (Å²) in [6.07, 6.45) is 1.67. The van der Waals surface area contributed by atoms with E-state index in [2.05, 4.69) is 17.1 Å². The topological polar surface area (TPSA) is 78.0 Å². The van der Waals surface area contributed by atoms with E-state index in [0.717, 1.165) is 0 Å². The zero-order valence-electron chi connectivity index (χ0n) is 13.3. The largest absolute Gasteiger partial charge is 0.238 e. The Balaban J connectivity index is 2.30. The molecule has 0 aliphatic carbocycles. The number of nitrogens with zero attached hydrogens (tertiary/aromatic N) is 2. The molecule has 0 aliphatic heterocycles. The highest BCUT2D eigenvalue weighted by atomic mass is 32.2. The van der Waals surface area contributed by atoms with Gasteiger partial charge in [0.1, 0.15) is 11.5 Å². The van der Waals surface area contributed by atoms with Crippen LogP contribution in [0.25, 0.3) is 22.4 Å². The number of rotatable bonds is 3. The van der Waals surface area contributed by atoms with Gasteiger partial charge in [0.25, 0.3) is 0 Å². The predicted octanol–water partition coefficient (Wildman–Crippen LogP) is 2.83. The first-order chi connectivity index (χ1) is 11.9. The fourth-order valence-corrected chi connectivity index (χ4v) is 3.24. The molecule has 0 fully saturated rings. The quantitative estimate of drug-likeness (QED) is 0.734. The average Bonchev–Trinajstić information content (AvgIpc) is 2.99. The zero-order valence-corrected chi connectivity index (χ0v) is 14.1. The van der Waals surface area contributed by atoms with Gasteiger partial charge in [0.05, 0.1) is 4.90 Å². The van der Waals surface area contributed by atoms with Crippen molar-refractivity contribution < 1.29 is 12.8 Å². The summed E-state index contributed by atoms with van der Waals surface area (Å²) in [6, 6.07) is 15.0. The molecule has 25 heavy (non-hydrogen) atoms. The Bertz CT molecular complexity index is 1090. The van der Waals surface area contributed by atoms with Crippen LogP contribution in [0.3, 0.4) is 0 Å². The van der Waals surface area contributed by atoms with Crippen LogP contribution in [0.1, 0.15) is 6.92 Å². The van der Waals surface area contributed by atoms with Crippen molar-refractivity contribution in [2.75, 3.05) is 0 Å². The molecule has 0 atom stereocenters. The van der Waals surface area contributed by atoms with Crippen molar-refractivity contribution in [3.05, 3.63) is 60.5 Å². The molecule has 0 saturated heterocycles. The van der Waals surface area contributed by atoms with Crippen molar-refractivity contribution in [1.29, 1.82) is 0 Å². The number of hydrogen-bond donors (Lipinski definition) is 1. The van der Waals surface area contributed by atoms with Gasteiger partial charge in [-0.1, -0.05) is 36.3 Å². The minimum absolute atomic E-state index is 0.0342. The van der Waals surface area contributed by atoms with E-state index < -0.39 is 10.0 Å². The van der Waals surface area contributed by atoms with Crippen LogP contribution in [-0.2, 0) is 10.0 Å². The Kier molecular flexibility index (Phi) is 4.40. The summed E-state index contributed by atoms with van der Waals surface area (Å²) in [5.41, 5.74) is 2.07. The van der Waals surface area contributed by atoms with E-state index in [1.807, 2.05) is 0 Å². The van der Waals surface area contributed by atoms with Crippen LogP contribution >= 0.6 is 0 Å². The highest BCUT2D eigenvalue weighted by molar-refractivity contribution is 7.89. The van der Waals surface area contributed by atoms with Gasteiger partial charge in [0.2, 0.25) is 10.0 Å². The normalized spacial score (nSPS) is 11.0. The van der Waals surface area contributed by atoms with E-state index in [-0.39, 0.29) is 10.7 Å². The summed E-state index contributed by atoms with van der Waals surface area (Å²) in [7, 11) is -3.94. The van der Waals surface area contributed by atoms with Gasteiger partial charge in [-0.2, -0.15) is 9.78 Å². The number of halogens is 1. The first kappa shape index (κ1) is 16.9. The third-order valence-corrected chi connectivity index (χ3v) is 4.51. The maximum Gasteiger partial charge on any atom is 0.238 e. The van der Waals surface area contributed by atoms with Crippen LogP contribution in [0, 0.1) is 17.8 Å². The lowest BCUT2D eigenvalue weighted by Crippen LogP contribution is -2.13. The summed E-state index contributed by atoms with van der Waals surface area (Å²) in [5.74, 6) is 2.36. The van der Waals surface area contributed by atoms with Crippen LogP contribution in [-0.4, -0.2) is 18.2 Å². The monoisotopic (exact) mass is 355 g/mol. The molecule has 7 heteroatoms. The lowest BCUT2D eigenvalue weighted by Gasteiger charge is -2.07. The molecule has 1 heterocycles. The molecule has 0 radical (unpaired) electrons. The minimum Gasteiger partial charge on any atom is -0.225 e. The molecule has 3 aromatic rings. The van der Waals surface area contributed by atoms with E-state index in [0.29, 0.717) is 22.4 Å². The molecule has 2 N–H and O–H groups in total. The van der Waals surface area contributed by atoms with Crippen LogP contribution in [0.15, 0.2) is 59.6 Å². The van der Waals surface area contributed by atoms with E-state index in [1.54, 1.807) is 43.5 Å². The van der Waals surface area contributed by atoms with Gasteiger partial charge in [0, 0.05) is 23.4 Å². The van der Waals surface area contributed by atoms with E-state index in [4.69, 9.17) is 5.14 Å². The number of sulfonamides is 1. The van der Waals surface area contributed by atoms with E-state index >= 15 is 0 Å². The molecular formula is C18H14FN3O2S. The van der Waals surface area contributed by atoms with Gasteiger partial charge in [-0.15, -0.1) is 0 Å². The second-order valence-corrected chi connectivity index (χ2v) is 6.78. The second kappa shape index (κ2) is 6.51. The summed E-state index contributed by atoms with van der Waals surface area (Å²) < 4.78 is 38.5. The van der Waals surface area contributed by atoms with Gasteiger partial charge in [0.15, 0.2) is 0 Å². The Morgan fingerprint density at radius 2 is 1.76 bits per heavy atom. The summed E-state index contributed by atoms with van der Waals surface area (Å²) in [5, 5.41) is 9.70. The molecule has 0 spiro atoms. The maximum atomic E-state index is 13.2. The molecule has 0 unspecified atom stereocenters. The molecule has 5 nitrogen and oxygen atoms in total. The highest BCUT2D eigenvalue weighted by Crippen LogP contribution is 2.34. The van der Waals surface area contributed by atoms with Crippen molar-refractivity contribution in [2.24, 2.45) is 5.14 Å². The van der Waals surface area contributed by atoms with Gasteiger partial charge in [-0.25, -0.2) is 17.9 Å². The van der Waals surface area contributed by atoms with Crippen LogP contribution < -0.4 is 5.14 Å². The smallest absolute Gasteiger partial charge is 0.225 e. The SMILES string of the molecule is CC#Cn1cc(-c2ccc(F)cc2)c(-c2ccccc2S(N)(=O)=O)n1. The van der Waals surface area contributed by atoms with Gasteiger partial charge < -0.3 is 0 Å². The zero-order chi connectivity index (χ0) is 18.0. The minimum atomic E-state index is -3.94. The molecule has 0 bridgehead atoms. The third-order valence-electron chi connectivity index (χ3n) is 3.54. The Morgan fingerprint density at radius 3 is 2.40 bits per heavy atom. The van der Waals surface area contributed by atoms with Crippen molar-refractivity contribution in [1.82, 2.24) is 9.78 Å². The van der Waals surface area contributed by atoms with E-state index in [9.17, 15) is 12.8 Å². The lowest BCUT2D eigenvalue weighted by molar-refractivity contribution is 0.598. The van der Waals surface area contributed by atoms with Gasteiger partial charge in [-0.05, 0) is 30.7 Å². The number of benzene rings is 2. The van der Waals surface area contributed by atoms with Crippen LogP contribution in [0.5, 0.6) is 0 Å². The molecule has 1 aromatic heterocycles. The Morgan fingerprint density at radius 1 is 1.08 bits per heavy atom. The van der Waals surface area contributed by atoms with Crippen molar-refractivity contribution in [3.8, 4) is 34.3 Å². The number of primary sulfonamides is 1. The second-order valence-electron chi connectivity index (χ2n) is 5.25. The summed E-state index contributed by atoms with van der Waals surface area (Å²) in [6.45, 7) is 1.66. The first-order valence-corrected chi connectivity index (χ1v) is 8.85. The summed E-state index contributed by atoms with van der Waals surface area (Å²) in [4.78, 5) is -0.0342. The lowest BCUT2D eigenvalue weighted by atomic mass is 10.0. The highest BCUT2D eigenvalue weighted by Gasteiger charge is 2.20.